The first-order chi connectivity index (χ1) is 14.4. The van der Waals surface area contributed by atoms with Gasteiger partial charge in [-0.3, -0.25) is 0 Å². The lowest BCUT2D eigenvalue weighted by Gasteiger charge is -2.33. The zero-order valence-electron chi connectivity index (χ0n) is 17.9. The molecule has 7 heteroatoms. The van der Waals surface area contributed by atoms with Gasteiger partial charge in [0.1, 0.15) is 23.9 Å². The number of likely N-dealkylation sites (tertiary alicyclic amines) is 1. The van der Waals surface area contributed by atoms with Crippen molar-refractivity contribution in [2.45, 2.75) is 64.2 Å². The molecular weight excluding hydrogens is 380 g/mol. The van der Waals surface area contributed by atoms with E-state index in [4.69, 9.17) is 9.47 Å². The highest BCUT2D eigenvalue weighted by Crippen LogP contribution is 2.25. The van der Waals surface area contributed by atoms with Crippen LogP contribution < -0.4 is 10.1 Å². The van der Waals surface area contributed by atoms with Crippen LogP contribution in [0, 0.1) is 0 Å². The fourth-order valence-electron chi connectivity index (χ4n) is 4.01. The van der Waals surface area contributed by atoms with Crippen LogP contribution in [-0.4, -0.2) is 51.8 Å². The van der Waals surface area contributed by atoms with E-state index in [0.717, 1.165) is 31.5 Å². The van der Waals surface area contributed by atoms with Crippen molar-refractivity contribution in [1.82, 2.24) is 14.9 Å². The van der Waals surface area contributed by atoms with Crippen molar-refractivity contribution < 1.29 is 14.3 Å². The molecule has 1 aliphatic carbocycles. The maximum atomic E-state index is 12.2. The maximum absolute atomic E-state index is 12.2. The van der Waals surface area contributed by atoms with Crippen LogP contribution in [0.4, 0.5) is 10.6 Å². The molecule has 30 heavy (non-hydrogen) atoms. The lowest BCUT2D eigenvalue weighted by atomic mass is 10.1. The number of aromatic nitrogens is 2. The predicted octanol–water partition coefficient (Wildman–Crippen LogP) is 3.83. The minimum absolute atomic E-state index is 0.0298. The molecule has 1 aliphatic heterocycles. The van der Waals surface area contributed by atoms with Gasteiger partial charge >= 0.3 is 6.09 Å². The number of rotatable bonds is 4. The Morgan fingerprint density at radius 3 is 2.40 bits per heavy atom. The second kappa shape index (κ2) is 8.50. The third-order valence-corrected chi connectivity index (χ3v) is 5.43. The van der Waals surface area contributed by atoms with Crippen LogP contribution in [-0.2, 0) is 17.6 Å². The van der Waals surface area contributed by atoms with Gasteiger partial charge in [0, 0.05) is 38.0 Å². The van der Waals surface area contributed by atoms with Crippen LogP contribution in [0.25, 0.3) is 0 Å². The molecule has 1 aromatic heterocycles. The second-order valence-electron chi connectivity index (χ2n) is 9.04. The molecule has 2 aromatic rings. The summed E-state index contributed by atoms with van der Waals surface area (Å²) in [7, 11) is 0. The zero-order valence-corrected chi connectivity index (χ0v) is 17.9. The highest BCUT2D eigenvalue weighted by molar-refractivity contribution is 5.68. The van der Waals surface area contributed by atoms with Gasteiger partial charge in [-0.15, -0.1) is 0 Å². The number of carbonyl (C=O) groups is 1. The SMILES string of the molecule is CC(C)(C)OC(=O)N1CCC(Oc2cc(NC3Cc4ccccc4C3)ncn2)CC1. The number of nitrogens with zero attached hydrogens (tertiary/aromatic N) is 3. The van der Waals surface area contributed by atoms with Gasteiger partial charge < -0.3 is 19.7 Å². The van der Waals surface area contributed by atoms with E-state index in [1.165, 1.54) is 17.5 Å². The molecule has 1 amide bonds. The molecule has 4 rings (SSSR count). The lowest BCUT2D eigenvalue weighted by molar-refractivity contribution is 0.0123. The molecule has 0 atom stereocenters. The monoisotopic (exact) mass is 410 g/mol. The first-order valence-corrected chi connectivity index (χ1v) is 10.7. The van der Waals surface area contributed by atoms with Crippen molar-refractivity contribution in [1.29, 1.82) is 0 Å². The zero-order chi connectivity index (χ0) is 21.1. The third-order valence-electron chi connectivity index (χ3n) is 5.43. The van der Waals surface area contributed by atoms with E-state index < -0.39 is 5.60 Å². The van der Waals surface area contributed by atoms with Gasteiger partial charge in [-0.05, 0) is 44.7 Å². The Balaban J connectivity index is 1.28. The summed E-state index contributed by atoms with van der Waals surface area (Å²) in [6.45, 7) is 6.88. The average molecular weight is 411 g/mol. The summed E-state index contributed by atoms with van der Waals surface area (Å²) in [5.41, 5.74) is 2.32. The summed E-state index contributed by atoms with van der Waals surface area (Å²) in [4.78, 5) is 22.6. The topological polar surface area (TPSA) is 76.6 Å². The molecule has 1 saturated heterocycles. The summed E-state index contributed by atoms with van der Waals surface area (Å²) in [6, 6.07) is 10.8. The van der Waals surface area contributed by atoms with Crippen LogP contribution in [0.5, 0.6) is 5.88 Å². The number of benzene rings is 1. The number of anilines is 1. The standard InChI is InChI=1S/C23H30N4O3/c1-23(2,3)30-22(28)27-10-8-19(9-11-27)29-21-14-20(24-15-25-21)26-18-12-16-6-4-5-7-17(16)13-18/h4-7,14-15,18-19H,8-13H2,1-3H3,(H,24,25,26). The van der Waals surface area contributed by atoms with E-state index in [2.05, 4.69) is 39.6 Å². The minimum atomic E-state index is -0.477. The number of ether oxygens (including phenoxy) is 2. The highest BCUT2D eigenvalue weighted by Gasteiger charge is 2.28. The summed E-state index contributed by atoms with van der Waals surface area (Å²) in [5, 5.41) is 3.51. The summed E-state index contributed by atoms with van der Waals surface area (Å²) >= 11 is 0. The van der Waals surface area contributed by atoms with E-state index in [1.807, 2.05) is 26.8 Å². The molecule has 0 bridgehead atoms. The fraction of sp³-hybridized carbons (Fsp3) is 0.522. The van der Waals surface area contributed by atoms with Crippen LogP contribution >= 0.6 is 0 Å². The van der Waals surface area contributed by atoms with E-state index >= 15 is 0 Å². The smallest absolute Gasteiger partial charge is 0.410 e. The number of hydrogen-bond acceptors (Lipinski definition) is 6. The quantitative estimate of drug-likeness (QED) is 0.825. The summed E-state index contributed by atoms with van der Waals surface area (Å²) in [6.07, 6.45) is 4.82. The van der Waals surface area contributed by atoms with E-state index in [-0.39, 0.29) is 12.2 Å². The van der Waals surface area contributed by atoms with Crippen molar-refractivity contribution in [3.63, 3.8) is 0 Å². The minimum Gasteiger partial charge on any atom is -0.474 e. The summed E-state index contributed by atoms with van der Waals surface area (Å²) < 4.78 is 11.5. The number of nitrogens with one attached hydrogen (secondary N) is 1. The molecule has 1 N–H and O–H groups in total. The Bertz CT molecular complexity index is 863. The van der Waals surface area contributed by atoms with Crippen LogP contribution in [0.1, 0.15) is 44.7 Å². The van der Waals surface area contributed by atoms with Crippen LogP contribution in [0.15, 0.2) is 36.7 Å². The Labute approximate surface area is 177 Å². The molecule has 2 heterocycles. The molecular formula is C23H30N4O3. The van der Waals surface area contributed by atoms with Crippen molar-refractivity contribution in [3.8, 4) is 5.88 Å². The molecule has 0 radical (unpaired) electrons. The Kier molecular flexibility index (Phi) is 5.79. The van der Waals surface area contributed by atoms with Gasteiger partial charge in [0.15, 0.2) is 0 Å². The Morgan fingerprint density at radius 1 is 1.10 bits per heavy atom. The maximum Gasteiger partial charge on any atom is 0.410 e. The van der Waals surface area contributed by atoms with Crippen molar-refractivity contribution in [2.75, 3.05) is 18.4 Å². The fourth-order valence-corrected chi connectivity index (χ4v) is 4.01. The normalized spacial score (nSPS) is 17.5. The number of piperidine rings is 1. The Morgan fingerprint density at radius 2 is 1.77 bits per heavy atom. The molecule has 0 saturated carbocycles. The van der Waals surface area contributed by atoms with Crippen molar-refractivity contribution >= 4 is 11.9 Å². The molecule has 1 fully saturated rings. The first kappa shape index (κ1) is 20.4. The molecule has 2 aliphatic rings. The van der Waals surface area contributed by atoms with E-state index in [9.17, 15) is 4.79 Å². The number of fused-ring (bicyclic) bond motifs is 1. The van der Waals surface area contributed by atoms with Gasteiger partial charge in [-0.2, -0.15) is 0 Å². The molecule has 160 valence electrons. The van der Waals surface area contributed by atoms with Gasteiger partial charge in [0.2, 0.25) is 5.88 Å². The molecule has 7 nitrogen and oxygen atoms in total. The predicted molar refractivity (Wildman–Crippen MR) is 115 cm³/mol. The lowest BCUT2D eigenvalue weighted by Crippen LogP contribution is -2.44. The molecule has 1 aromatic carbocycles. The largest absolute Gasteiger partial charge is 0.474 e. The van der Waals surface area contributed by atoms with E-state index in [0.29, 0.717) is 25.0 Å². The molecule has 0 unspecified atom stereocenters. The van der Waals surface area contributed by atoms with E-state index in [1.54, 1.807) is 4.90 Å². The summed E-state index contributed by atoms with van der Waals surface area (Å²) in [5.74, 6) is 1.35. The average Bonchev–Trinajstić information content (AvgIpc) is 3.10. The van der Waals surface area contributed by atoms with Gasteiger partial charge in [-0.25, -0.2) is 14.8 Å². The van der Waals surface area contributed by atoms with Gasteiger partial charge in [0.05, 0.1) is 0 Å². The number of carbonyl (C=O) groups excluding carboxylic acids is 1. The highest BCUT2D eigenvalue weighted by atomic mass is 16.6. The van der Waals surface area contributed by atoms with Gasteiger partial charge in [-0.1, -0.05) is 24.3 Å². The third kappa shape index (κ3) is 5.20. The Hall–Kier alpha value is -2.83. The van der Waals surface area contributed by atoms with Crippen LogP contribution in [0.3, 0.4) is 0 Å². The van der Waals surface area contributed by atoms with Crippen LogP contribution in [0.2, 0.25) is 0 Å². The van der Waals surface area contributed by atoms with Gasteiger partial charge in [0.25, 0.3) is 0 Å². The molecule has 0 spiro atoms. The van der Waals surface area contributed by atoms with Crippen molar-refractivity contribution in [3.05, 3.63) is 47.8 Å². The number of hydrogen-bond donors (Lipinski definition) is 1. The van der Waals surface area contributed by atoms with Crippen molar-refractivity contribution in [2.24, 2.45) is 0 Å². The first-order valence-electron chi connectivity index (χ1n) is 10.7. The number of amides is 1. The second-order valence-corrected chi connectivity index (χ2v) is 9.04.